The second-order valence-corrected chi connectivity index (χ2v) is 6.62. The lowest BCUT2D eigenvalue weighted by Gasteiger charge is -2.17. The van der Waals surface area contributed by atoms with E-state index >= 15 is 0 Å². The highest BCUT2D eigenvalue weighted by molar-refractivity contribution is 8.03. The fraction of sp³-hybridized carbons (Fsp3) is 0.500. The molecule has 0 aliphatic heterocycles. The molecule has 1 aromatic rings. The minimum Gasteiger partial charge on any atom is -0.325 e. The van der Waals surface area contributed by atoms with Gasteiger partial charge in [-0.05, 0) is 38.1 Å². The maximum Gasteiger partial charge on any atom is 0.123 e. The van der Waals surface area contributed by atoms with Crippen molar-refractivity contribution in [1.82, 2.24) is 0 Å². The third kappa shape index (κ3) is 6.40. The van der Waals surface area contributed by atoms with Crippen molar-refractivity contribution in [3.63, 3.8) is 0 Å². The molecular weight excluding hydrogens is 241 g/mol. The van der Waals surface area contributed by atoms with Crippen LogP contribution in [-0.2, 0) is 0 Å². The van der Waals surface area contributed by atoms with Crippen molar-refractivity contribution in [3.8, 4) is 0 Å². The lowest BCUT2D eigenvalue weighted by molar-refractivity contribution is 0.591. The highest BCUT2D eigenvalue weighted by Crippen LogP contribution is 2.20. The van der Waals surface area contributed by atoms with Gasteiger partial charge in [0.15, 0.2) is 0 Å². The molecule has 4 heteroatoms. The number of halogens is 1. The average molecular weight is 259 g/mol. The molecule has 0 bridgehead atoms. The van der Waals surface area contributed by atoms with E-state index in [0.29, 0.717) is 0 Å². The smallest absolute Gasteiger partial charge is 0.123 e. The van der Waals surface area contributed by atoms with E-state index in [0.717, 1.165) is 22.2 Å². The van der Waals surface area contributed by atoms with Crippen LogP contribution in [0.2, 0.25) is 0 Å². The zero-order valence-electron chi connectivity index (χ0n) is 9.70. The number of nitrogens with two attached hydrogens (primary N) is 1. The molecule has 0 amide bonds. The van der Waals surface area contributed by atoms with Crippen molar-refractivity contribution in [2.75, 3.05) is 17.3 Å². The van der Waals surface area contributed by atoms with Crippen LogP contribution in [-0.4, -0.2) is 22.8 Å². The molecule has 0 saturated heterocycles. The number of thioether (sulfide) groups is 2. The Labute approximate surface area is 105 Å². The summed E-state index contributed by atoms with van der Waals surface area (Å²) in [6, 6.07) is 6.63. The van der Waals surface area contributed by atoms with E-state index in [1.54, 1.807) is 11.8 Å². The summed E-state index contributed by atoms with van der Waals surface area (Å²) in [6.45, 7) is 4.07. The van der Waals surface area contributed by atoms with Gasteiger partial charge < -0.3 is 5.73 Å². The first-order valence-corrected chi connectivity index (χ1v) is 7.36. The Morgan fingerprint density at radius 3 is 2.38 bits per heavy atom. The van der Waals surface area contributed by atoms with Gasteiger partial charge in [0.2, 0.25) is 0 Å². The lowest BCUT2D eigenvalue weighted by atomic mass is 10.1. The van der Waals surface area contributed by atoms with Gasteiger partial charge in [-0.25, -0.2) is 4.39 Å². The third-order valence-electron chi connectivity index (χ3n) is 1.78. The Kier molecular flexibility index (Phi) is 5.66. The number of hydrogen-bond acceptors (Lipinski definition) is 3. The van der Waals surface area contributed by atoms with Crippen LogP contribution >= 0.6 is 23.5 Å². The quantitative estimate of drug-likeness (QED) is 0.626. The van der Waals surface area contributed by atoms with Gasteiger partial charge in [-0.2, -0.15) is 11.8 Å². The van der Waals surface area contributed by atoms with Crippen LogP contribution in [0, 0.1) is 5.82 Å². The van der Waals surface area contributed by atoms with E-state index < -0.39 is 0 Å². The van der Waals surface area contributed by atoms with Crippen molar-refractivity contribution in [2.24, 2.45) is 5.73 Å². The molecule has 1 nitrogen and oxygen atoms in total. The van der Waals surface area contributed by atoms with Crippen molar-refractivity contribution in [2.45, 2.75) is 24.3 Å². The van der Waals surface area contributed by atoms with Gasteiger partial charge in [0.1, 0.15) is 5.82 Å². The first-order chi connectivity index (χ1) is 7.47. The Bertz CT molecular complexity index is 306. The molecule has 0 unspecified atom stereocenters. The highest BCUT2D eigenvalue weighted by atomic mass is 32.2. The van der Waals surface area contributed by atoms with Gasteiger partial charge in [0, 0.05) is 27.7 Å². The topological polar surface area (TPSA) is 26.0 Å². The summed E-state index contributed by atoms with van der Waals surface area (Å²) in [5, 5.41) is 0. The molecule has 0 heterocycles. The number of rotatable bonds is 6. The van der Waals surface area contributed by atoms with Crippen molar-refractivity contribution in [3.05, 3.63) is 30.1 Å². The highest BCUT2D eigenvalue weighted by Gasteiger charge is 2.09. The number of hydrogen-bond donors (Lipinski definition) is 1. The molecule has 0 radical (unpaired) electrons. The van der Waals surface area contributed by atoms with Crippen LogP contribution in [0.4, 0.5) is 4.39 Å². The fourth-order valence-corrected chi connectivity index (χ4v) is 3.12. The van der Waals surface area contributed by atoms with Crippen LogP contribution in [0.25, 0.3) is 0 Å². The molecule has 0 aromatic heterocycles. The van der Waals surface area contributed by atoms with E-state index in [-0.39, 0.29) is 11.4 Å². The minimum absolute atomic E-state index is 0.0921. The maximum atomic E-state index is 12.6. The fourth-order valence-electron chi connectivity index (χ4n) is 1.08. The molecule has 1 rings (SSSR count). The maximum absolute atomic E-state index is 12.6. The van der Waals surface area contributed by atoms with E-state index in [9.17, 15) is 4.39 Å². The Morgan fingerprint density at radius 1 is 1.19 bits per heavy atom. The first-order valence-electron chi connectivity index (χ1n) is 5.22. The van der Waals surface area contributed by atoms with E-state index in [2.05, 4.69) is 0 Å². The second-order valence-electron chi connectivity index (χ2n) is 4.34. The van der Waals surface area contributed by atoms with Gasteiger partial charge in [-0.3, -0.25) is 0 Å². The van der Waals surface area contributed by atoms with Gasteiger partial charge in [0.05, 0.1) is 0 Å². The van der Waals surface area contributed by atoms with Gasteiger partial charge in [0.25, 0.3) is 0 Å². The zero-order chi connectivity index (χ0) is 12.0. The molecule has 16 heavy (non-hydrogen) atoms. The van der Waals surface area contributed by atoms with Crippen molar-refractivity contribution >= 4 is 23.5 Å². The molecule has 0 fully saturated rings. The van der Waals surface area contributed by atoms with E-state index in [1.165, 1.54) is 12.1 Å². The molecule has 1 aromatic carbocycles. The molecule has 0 spiro atoms. The molecule has 90 valence electrons. The summed E-state index contributed by atoms with van der Waals surface area (Å²) in [7, 11) is 0. The molecule has 0 atom stereocenters. The number of benzene rings is 1. The molecule has 0 aliphatic carbocycles. The van der Waals surface area contributed by atoms with Crippen LogP contribution < -0.4 is 5.73 Å². The summed E-state index contributed by atoms with van der Waals surface area (Å²) in [4.78, 5) is 1.12. The average Bonchev–Trinajstić information content (AvgIpc) is 2.19. The largest absolute Gasteiger partial charge is 0.325 e. The molecule has 0 saturated carbocycles. The zero-order valence-corrected chi connectivity index (χ0v) is 11.3. The van der Waals surface area contributed by atoms with Crippen LogP contribution in [0.1, 0.15) is 13.8 Å². The van der Waals surface area contributed by atoms with Crippen LogP contribution in [0.3, 0.4) is 0 Å². The third-order valence-corrected chi connectivity index (χ3v) is 4.50. The Morgan fingerprint density at radius 2 is 1.81 bits per heavy atom. The summed E-state index contributed by atoms with van der Waals surface area (Å²) in [5.74, 6) is 2.90. The Hall–Kier alpha value is -0.190. The second kappa shape index (κ2) is 6.52. The lowest BCUT2D eigenvalue weighted by Crippen LogP contribution is -2.34. The first kappa shape index (κ1) is 13.9. The van der Waals surface area contributed by atoms with Crippen molar-refractivity contribution in [1.29, 1.82) is 0 Å². The monoisotopic (exact) mass is 259 g/mol. The molecular formula is C12H18FNS2. The molecule has 2 N–H and O–H groups in total. The van der Waals surface area contributed by atoms with Gasteiger partial charge in [-0.15, -0.1) is 11.8 Å². The minimum atomic E-state index is -0.177. The van der Waals surface area contributed by atoms with E-state index in [1.807, 2.05) is 37.7 Å². The summed E-state index contributed by atoms with van der Waals surface area (Å²) >= 11 is 3.61. The van der Waals surface area contributed by atoms with Crippen molar-refractivity contribution < 1.29 is 4.39 Å². The summed E-state index contributed by atoms with van der Waals surface area (Å²) in [5.41, 5.74) is 5.78. The van der Waals surface area contributed by atoms with E-state index in [4.69, 9.17) is 5.73 Å². The van der Waals surface area contributed by atoms with Crippen LogP contribution in [0.15, 0.2) is 29.2 Å². The van der Waals surface area contributed by atoms with Crippen LogP contribution in [0.5, 0.6) is 0 Å². The SMILES string of the molecule is CC(C)(N)CSCCSc1ccc(F)cc1. The normalized spacial score (nSPS) is 11.8. The summed E-state index contributed by atoms with van der Waals surface area (Å²) < 4.78 is 12.6. The van der Waals surface area contributed by atoms with Gasteiger partial charge in [-0.1, -0.05) is 0 Å². The predicted molar refractivity (Wildman–Crippen MR) is 72.7 cm³/mol. The Balaban J connectivity index is 2.14. The standard InChI is InChI=1S/C12H18FNS2/c1-12(2,14)9-15-7-8-16-11-5-3-10(13)4-6-11/h3-6H,7-9,14H2,1-2H3. The molecule has 0 aliphatic rings. The van der Waals surface area contributed by atoms with Gasteiger partial charge >= 0.3 is 0 Å². The summed E-state index contributed by atoms with van der Waals surface area (Å²) in [6.07, 6.45) is 0. The predicted octanol–water partition coefficient (Wildman–Crippen LogP) is 3.39.